The molecule has 0 saturated carbocycles. The number of nitrogens with zero attached hydrogens (tertiary/aromatic N) is 2. The summed E-state index contributed by atoms with van der Waals surface area (Å²) in [7, 11) is -3.67. The maximum absolute atomic E-state index is 12.4. The van der Waals surface area contributed by atoms with E-state index in [-0.39, 0.29) is 47.6 Å². The minimum Gasteiger partial charge on any atom is -0.484 e. The van der Waals surface area contributed by atoms with E-state index in [1.165, 1.54) is 12.1 Å². The Labute approximate surface area is 204 Å². The van der Waals surface area contributed by atoms with Gasteiger partial charge in [0.1, 0.15) is 11.5 Å². The van der Waals surface area contributed by atoms with Gasteiger partial charge in [-0.2, -0.15) is 4.98 Å². The van der Waals surface area contributed by atoms with E-state index >= 15 is 0 Å². The van der Waals surface area contributed by atoms with Crippen LogP contribution in [0.5, 0.6) is 5.75 Å². The first-order valence-corrected chi connectivity index (χ1v) is 12.6. The van der Waals surface area contributed by atoms with E-state index in [1.54, 1.807) is 18.2 Å². The maximum Gasteiger partial charge on any atom is 0.315 e. The number of ether oxygens (including phenoxy) is 1. The third kappa shape index (κ3) is 7.64. The highest BCUT2D eigenvalue weighted by atomic mass is 32.2. The number of nitrogens with one attached hydrogen (secondary N) is 2. The Hall–Kier alpha value is -3.73. The minimum absolute atomic E-state index is 0.0308. The van der Waals surface area contributed by atoms with Gasteiger partial charge in [-0.1, -0.05) is 56.3 Å². The van der Waals surface area contributed by atoms with Crippen molar-refractivity contribution in [2.75, 3.05) is 19.7 Å². The molecule has 3 aromatic rings. The van der Waals surface area contributed by atoms with Crippen molar-refractivity contribution in [1.29, 1.82) is 0 Å². The zero-order valence-electron chi connectivity index (χ0n) is 19.8. The molecule has 2 amide bonds. The van der Waals surface area contributed by atoms with Crippen LogP contribution < -0.4 is 15.4 Å². The summed E-state index contributed by atoms with van der Waals surface area (Å²) in [5, 5.41) is 8.71. The number of carbonyl (C=O) groups is 2. The second kappa shape index (κ2) is 11.1. The summed E-state index contributed by atoms with van der Waals surface area (Å²) in [5.41, 5.74) is 1.19. The van der Waals surface area contributed by atoms with Crippen molar-refractivity contribution in [2.45, 2.75) is 36.8 Å². The molecule has 0 fully saturated rings. The fourth-order valence-corrected chi connectivity index (χ4v) is 4.19. The molecule has 1 aromatic heterocycles. The Morgan fingerprint density at radius 1 is 0.971 bits per heavy atom. The lowest BCUT2D eigenvalue weighted by Gasteiger charge is -2.19. The summed E-state index contributed by atoms with van der Waals surface area (Å²) in [6, 6.07) is 15.4. The predicted octanol–water partition coefficient (Wildman–Crippen LogP) is 2.27. The van der Waals surface area contributed by atoms with Gasteiger partial charge in [0.2, 0.25) is 0 Å². The molecular weight excluding hydrogens is 472 g/mol. The lowest BCUT2D eigenvalue weighted by atomic mass is 9.87. The average molecular weight is 501 g/mol. The van der Waals surface area contributed by atoms with Gasteiger partial charge in [0.05, 0.1) is 4.90 Å². The molecule has 3 rings (SSSR count). The molecule has 0 bridgehead atoms. The fraction of sp³-hybridized carbons (Fsp3) is 0.333. The Morgan fingerprint density at radius 3 is 2.29 bits per heavy atom. The Bertz CT molecular complexity index is 1250. The highest BCUT2D eigenvalue weighted by molar-refractivity contribution is 7.90. The standard InChI is InChI=1S/C24H28N4O6S/c1-24(2,3)17-9-11-18(12-10-17)33-15-21(29)25-13-14-26-22(30)23-27-20(28-34-23)16-35(31,32)19-7-5-4-6-8-19/h4-12H,13-16H2,1-3H3,(H,25,29)(H,26,30). The smallest absolute Gasteiger partial charge is 0.315 e. The number of aromatic nitrogens is 2. The van der Waals surface area contributed by atoms with Crippen LogP contribution in [0.15, 0.2) is 64.0 Å². The summed E-state index contributed by atoms with van der Waals surface area (Å²) in [6.45, 7) is 6.44. The lowest BCUT2D eigenvalue weighted by Crippen LogP contribution is -2.36. The molecule has 0 aliphatic rings. The highest BCUT2D eigenvalue weighted by Crippen LogP contribution is 2.24. The van der Waals surface area contributed by atoms with Gasteiger partial charge in [0.15, 0.2) is 22.3 Å². The first-order chi connectivity index (χ1) is 16.5. The molecule has 10 nitrogen and oxygen atoms in total. The molecule has 2 aromatic carbocycles. The van der Waals surface area contributed by atoms with Crippen molar-refractivity contribution in [3.05, 3.63) is 71.9 Å². The molecule has 0 aliphatic carbocycles. The Kier molecular flexibility index (Phi) is 8.23. The normalized spacial score (nSPS) is 11.6. The van der Waals surface area contributed by atoms with Gasteiger partial charge >= 0.3 is 11.8 Å². The van der Waals surface area contributed by atoms with E-state index in [1.807, 2.05) is 24.3 Å². The zero-order valence-corrected chi connectivity index (χ0v) is 20.6. The van der Waals surface area contributed by atoms with Crippen LogP contribution in [0.4, 0.5) is 0 Å². The lowest BCUT2D eigenvalue weighted by molar-refractivity contribution is -0.123. The Balaban J connectivity index is 1.38. The van der Waals surface area contributed by atoms with Crippen LogP contribution in [-0.2, 0) is 25.8 Å². The summed E-state index contributed by atoms with van der Waals surface area (Å²) in [5.74, 6) is -1.42. The van der Waals surface area contributed by atoms with E-state index in [0.717, 1.165) is 5.56 Å². The minimum atomic E-state index is -3.67. The van der Waals surface area contributed by atoms with Gasteiger partial charge in [0, 0.05) is 13.1 Å². The summed E-state index contributed by atoms with van der Waals surface area (Å²) < 4.78 is 35.1. The van der Waals surface area contributed by atoms with Crippen LogP contribution in [-0.4, -0.2) is 50.1 Å². The van der Waals surface area contributed by atoms with Crippen molar-refractivity contribution in [2.24, 2.45) is 0 Å². The topological polar surface area (TPSA) is 140 Å². The van der Waals surface area contributed by atoms with Crippen LogP contribution in [0.3, 0.4) is 0 Å². The number of hydrogen-bond acceptors (Lipinski definition) is 8. The average Bonchev–Trinajstić information content (AvgIpc) is 3.28. The van der Waals surface area contributed by atoms with E-state index in [9.17, 15) is 18.0 Å². The van der Waals surface area contributed by atoms with Crippen LogP contribution in [0.1, 0.15) is 42.8 Å². The summed E-state index contributed by atoms with van der Waals surface area (Å²) in [4.78, 5) is 28.1. The molecule has 0 atom stereocenters. The molecule has 1 heterocycles. The fourth-order valence-electron chi connectivity index (χ4n) is 2.99. The molecule has 186 valence electrons. The van der Waals surface area contributed by atoms with Gasteiger partial charge in [-0.25, -0.2) is 8.42 Å². The maximum atomic E-state index is 12.4. The third-order valence-electron chi connectivity index (χ3n) is 4.91. The number of amides is 2. The largest absolute Gasteiger partial charge is 0.484 e. The van der Waals surface area contributed by atoms with Gasteiger partial charge in [-0.3, -0.25) is 9.59 Å². The first-order valence-electron chi connectivity index (χ1n) is 10.9. The van der Waals surface area contributed by atoms with E-state index in [4.69, 9.17) is 9.26 Å². The third-order valence-corrected chi connectivity index (χ3v) is 6.54. The molecule has 0 saturated heterocycles. The monoisotopic (exact) mass is 500 g/mol. The van der Waals surface area contributed by atoms with E-state index in [2.05, 4.69) is 41.5 Å². The van der Waals surface area contributed by atoms with Crippen molar-refractivity contribution < 1.29 is 27.3 Å². The van der Waals surface area contributed by atoms with Crippen LogP contribution in [0.2, 0.25) is 0 Å². The predicted molar refractivity (Wildman–Crippen MR) is 128 cm³/mol. The van der Waals surface area contributed by atoms with Crippen molar-refractivity contribution in [1.82, 2.24) is 20.8 Å². The second-order valence-corrected chi connectivity index (χ2v) is 10.7. The van der Waals surface area contributed by atoms with Gasteiger partial charge in [-0.05, 0) is 35.2 Å². The molecule has 0 spiro atoms. The number of benzene rings is 2. The molecule has 0 unspecified atom stereocenters. The number of hydrogen-bond donors (Lipinski definition) is 2. The highest BCUT2D eigenvalue weighted by Gasteiger charge is 2.21. The van der Waals surface area contributed by atoms with Crippen LogP contribution in [0.25, 0.3) is 0 Å². The zero-order chi connectivity index (χ0) is 25.5. The van der Waals surface area contributed by atoms with E-state index in [0.29, 0.717) is 5.75 Å². The van der Waals surface area contributed by atoms with Crippen molar-refractivity contribution >= 4 is 21.7 Å². The van der Waals surface area contributed by atoms with Crippen LogP contribution in [0, 0.1) is 0 Å². The summed E-state index contributed by atoms with van der Waals surface area (Å²) in [6.07, 6.45) is 0. The summed E-state index contributed by atoms with van der Waals surface area (Å²) >= 11 is 0. The van der Waals surface area contributed by atoms with Gasteiger partial charge < -0.3 is 19.9 Å². The van der Waals surface area contributed by atoms with E-state index < -0.39 is 21.5 Å². The second-order valence-electron chi connectivity index (χ2n) is 8.76. The SMILES string of the molecule is CC(C)(C)c1ccc(OCC(=O)NCCNC(=O)c2nc(CS(=O)(=O)c3ccccc3)no2)cc1. The number of rotatable bonds is 10. The van der Waals surface area contributed by atoms with Crippen molar-refractivity contribution in [3.63, 3.8) is 0 Å². The number of sulfone groups is 1. The molecule has 11 heteroatoms. The van der Waals surface area contributed by atoms with Gasteiger partial charge in [-0.15, -0.1) is 0 Å². The van der Waals surface area contributed by atoms with Crippen molar-refractivity contribution in [3.8, 4) is 5.75 Å². The first kappa shape index (κ1) is 25.9. The molecular formula is C24H28N4O6S. The quantitative estimate of drug-likeness (QED) is 0.404. The molecule has 0 aliphatic heterocycles. The van der Waals surface area contributed by atoms with Gasteiger partial charge in [0.25, 0.3) is 5.91 Å². The molecule has 35 heavy (non-hydrogen) atoms. The van der Waals surface area contributed by atoms with Crippen LogP contribution >= 0.6 is 0 Å². The molecule has 2 N–H and O–H groups in total. The Morgan fingerprint density at radius 2 is 1.63 bits per heavy atom. The number of carbonyl (C=O) groups excluding carboxylic acids is 2. The molecule has 0 radical (unpaired) electrons.